The highest BCUT2D eigenvalue weighted by molar-refractivity contribution is 5.77. The van der Waals surface area contributed by atoms with Crippen molar-refractivity contribution in [2.24, 2.45) is 0 Å². The van der Waals surface area contributed by atoms with Crippen molar-refractivity contribution < 1.29 is 0 Å². The zero-order valence-corrected chi connectivity index (χ0v) is 13.2. The third-order valence-corrected chi connectivity index (χ3v) is 4.14. The van der Waals surface area contributed by atoms with Crippen molar-refractivity contribution >= 4 is 11.0 Å². The minimum absolute atomic E-state index is 0.819. The van der Waals surface area contributed by atoms with E-state index in [4.69, 9.17) is 0 Å². The number of imidazole rings is 1. The third kappa shape index (κ3) is 2.46. The van der Waals surface area contributed by atoms with Gasteiger partial charge in [-0.2, -0.15) is 5.10 Å². The summed E-state index contributed by atoms with van der Waals surface area (Å²) >= 11 is 0. The zero-order valence-electron chi connectivity index (χ0n) is 13.2. The number of rotatable bonds is 4. The van der Waals surface area contributed by atoms with E-state index in [0.717, 1.165) is 30.7 Å². The summed E-state index contributed by atoms with van der Waals surface area (Å²) in [6.45, 7) is 10.3. The topological polar surface area (TPSA) is 35.6 Å². The predicted molar refractivity (Wildman–Crippen MR) is 85.6 cm³/mol. The van der Waals surface area contributed by atoms with E-state index >= 15 is 0 Å². The molecule has 0 aliphatic carbocycles. The van der Waals surface area contributed by atoms with E-state index in [0.29, 0.717) is 0 Å². The van der Waals surface area contributed by atoms with Crippen molar-refractivity contribution in [2.75, 3.05) is 0 Å². The molecule has 1 aromatic carbocycles. The van der Waals surface area contributed by atoms with Gasteiger partial charge in [-0.1, -0.05) is 6.92 Å². The largest absolute Gasteiger partial charge is 0.325 e. The van der Waals surface area contributed by atoms with E-state index in [-0.39, 0.29) is 0 Å². The summed E-state index contributed by atoms with van der Waals surface area (Å²) in [5.74, 6) is 0. The Morgan fingerprint density at radius 1 is 1.05 bits per heavy atom. The van der Waals surface area contributed by atoms with Crippen molar-refractivity contribution in [3.8, 4) is 0 Å². The molecule has 21 heavy (non-hydrogen) atoms. The molecule has 0 fully saturated rings. The lowest BCUT2D eigenvalue weighted by Gasteiger charge is -2.07. The fraction of sp³-hybridized carbons (Fsp3) is 0.412. The van der Waals surface area contributed by atoms with Crippen LogP contribution in [0.4, 0.5) is 0 Å². The van der Waals surface area contributed by atoms with Crippen LogP contribution in [0.5, 0.6) is 0 Å². The number of nitrogens with zero attached hydrogens (tertiary/aromatic N) is 4. The van der Waals surface area contributed by atoms with Crippen LogP contribution in [0.25, 0.3) is 11.0 Å². The Morgan fingerprint density at radius 3 is 2.52 bits per heavy atom. The number of fused-ring (bicyclic) bond motifs is 1. The van der Waals surface area contributed by atoms with Crippen molar-refractivity contribution in [3.63, 3.8) is 0 Å². The highest BCUT2D eigenvalue weighted by Crippen LogP contribution is 2.19. The molecule has 0 radical (unpaired) electrons. The maximum atomic E-state index is 4.62. The van der Waals surface area contributed by atoms with Crippen LogP contribution in [-0.2, 0) is 19.5 Å². The van der Waals surface area contributed by atoms with E-state index in [1.165, 1.54) is 22.3 Å². The Hall–Kier alpha value is -2.10. The van der Waals surface area contributed by atoms with Gasteiger partial charge in [0.25, 0.3) is 0 Å². The van der Waals surface area contributed by atoms with Crippen molar-refractivity contribution in [1.82, 2.24) is 19.3 Å². The van der Waals surface area contributed by atoms with Crippen LogP contribution < -0.4 is 0 Å². The Kier molecular flexibility index (Phi) is 3.53. The number of hydrogen-bond acceptors (Lipinski definition) is 2. The van der Waals surface area contributed by atoms with Gasteiger partial charge in [-0.05, 0) is 56.5 Å². The van der Waals surface area contributed by atoms with Gasteiger partial charge in [0.1, 0.15) is 0 Å². The lowest BCUT2D eigenvalue weighted by Crippen LogP contribution is -2.07. The fourth-order valence-corrected chi connectivity index (χ4v) is 2.70. The highest BCUT2D eigenvalue weighted by Gasteiger charge is 2.10. The molecule has 2 aromatic heterocycles. The SMILES string of the molecule is CCc1cc(Cn2cnc3cc(C)c(C)cc32)n(CC)n1. The van der Waals surface area contributed by atoms with E-state index in [2.05, 4.69) is 65.2 Å². The quantitative estimate of drug-likeness (QED) is 0.734. The van der Waals surface area contributed by atoms with Crippen molar-refractivity contribution in [3.05, 3.63) is 47.0 Å². The second-order valence-electron chi connectivity index (χ2n) is 5.59. The van der Waals surface area contributed by atoms with Gasteiger partial charge in [0.15, 0.2) is 0 Å². The average molecular weight is 282 g/mol. The smallest absolute Gasteiger partial charge is 0.0962 e. The molecule has 0 unspecified atom stereocenters. The van der Waals surface area contributed by atoms with Gasteiger partial charge in [0.2, 0.25) is 0 Å². The number of aromatic nitrogens is 4. The number of hydrogen-bond donors (Lipinski definition) is 0. The summed E-state index contributed by atoms with van der Waals surface area (Å²) in [4.78, 5) is 4.53. The molecule has 0 bridgehead atoms. The summed E-state index contributed by atoms with van der Waals surface area (Å²) in [5.41, 5.74) is 7.26. The molecule has 0 saturated heterocycles. The first kappa shape index (κ1) is 13.9. The standard InChI is InChI=1S/C17H22N4/c1-5-14-9-15(21(6-2)19-14)10-20-11-18-16-7-12(3)13(4)8-17(16)20/h7-9,11H,5-6,10H2,1-4H3. The van der Waals surface area contributed by atoms with Crippen molar-refractivity contribution in [1.29, 1.82) is 0 Å². The zero-order chi connectivity index (χ0) is 15.0. The molecule has 2 heterocycles. The molecule has 4 heteroatoms. The molecule has 4 nitrogen and oxygen atoms in total. The monoisotopic (exact) mass is 282 g/mol. The van der Waals surface area contributed by atoms with Crippen LogP contribution in [0.2, 0.25) is 0 Å². The van der Waals surface area contributed by atoms with Gasteiger partial charge in [-0.25, -0.2) is 4.98 Å². The molecule has 0 amide bonds. The molecule has 3 rings (SSSR count). The summed E-state index contributed by atoms with van der Waals surface area (Å²) in [6, 6.07) is 6.59. The molecule has 0 N–H and O–H groups in total. The lowest BCUT2D eigenvalue weighted by molar-refractivity contribution is 0.598. The van der Waals surface area contributed by atoms with Crippen molar-refractivity contribution in [2.45, 2.75) is 47.2 Å². The van der Waals surface area contributed by atoms with Gasteiger partial charge in [0.05, 0.1) is 35.3 Å². The second-order valence-corrected chi connectivity index (χ2v) is 5.59. The van der Waals surface area contributed by atoms with Crippen LogP contribution in [0.15, 0.2) is 24.5 Å². The molecular formula is C17H22N4. The minimum Gasteiger partial charge on any atom is -0.325 e. The maximum absolute atomic E-state index is 4.62. The first-order chi connectivity index (χ1) is 10.1. The van der Waals surface area contributed by atoms with Gasteiger partial charge in [-0.3, -0.25) is 4.68 Å². The van der Waals surface area contributed by atoms with Gasteiger partial charge in [0, 0.05) is 6.54 Å². The molecule has 3 aromatic rings. The van der Waals surface area contributed by atoms with Gasteiger partial charge in [-0.15, -0.1) is 0 Å². The normalized spacial score (nSPS) is 11.4. The molecule has 0 aliphatic rings. The Bertz CT molecular complexity index is 780. The summed E-state index contributed by atoms with van der Waals surface area (Å²) < 4.78 is 4.30. The number of aryl methyl sites for hydroxylation is 4. The molecule has 0 saturated carbocycles. The fourth-order valence-electron chi connectivity index (χ4n) is 2.70. The molecule has 0 aliphatic heterocycles. The first-order valence-corrected chi connectivity index (χ1v) is 7.60. The molecule has 0 spiro atoms. The lowest BCUT2D eigenvalue weighted by atomic mass is 10.1. The van der Waals surface area contributed by atoms with Crippen LogP contribution in [0.3, 0.4) is 0 Å². The van der Waals surface area contributed by atoms with Crippen LogP contribution in [0, 0.1) is 13.8 Å². The average Bonchev–Trinajstić information content (AvgIpc) is 3.05. The second kappa shape index (κ2) is 5.35. The summed E-state index contributed by atoms with van der Waals surface area (Å²) in [5, 5.41) is 4.62. The Labute approximate surface area is 125 Å². The number of benzene rings is 1. The Balaban J connectivity index is 2.02. The minimum atomic E-state index is 0.819. The maximum Gasteiger partial charge on any atom is 0.0962 e. The van der Waals surface area contributed by atoms with E-state index in [1.54, 1.807) is 0 Å². The highest BCUT2D eigenvalue weighted by atomic mass is 15.3. The van der Waals surface area contributed by atoms with Gasteiger partial charge < -0.3 is 4.57 Å². The van der Waals surface area contributed by atoms with E-state index < -0.39 is 0 Å². The van der Waals surface area contributed by atoms with Crippen LogP contribution >= 0.6 is 0 Å². The van der Waals surface area contributed by atoms with Crippen LogP contribution in [0.1, 0.15) is 36.4 Å². The molecule has 110 valence electrons. The van der Waals surface area contributed by atoms with Crippen LogP contribution in [-0.4, -0.2) is 19.3 Å². The Morgan fingerprint density at radius 2 is 1.81 bits per heavy atom. The molecule has 0 atom stereocenters. The predicted octanol–water partition coefficient (Wildman–Crippen LogP) is 3.48. The van der Waals surface area contributed by atoms with E-state index in [9.17, 15) is 0 Å². The van der Waals surface area contributed by atoms with E-state index in [1.807, 2.05) is 6.33 Å². The molecular weight excluding hydrogens is 260 g/mol. The van der Waals surface area contributed by atoms with Gasteiger partial charge >= 0.3 is 0 Å². The first-order valence-electron chi connectivity index (χ1n) is 7.60. The third-order valence-electron chi connectivity index (χ3n) is 4.14. The summed E-state index contributed by atoms with van der Waals surface area (Å²) in [7, 11) is 0. The summed E-state index contributed by atoms with van der Waals surface area (Å²) in [6.07, 6.45) is 2.91.